The van der Waals surface area contributed by atoms with Crippen LogP contribution >= 0.6 is 0 Å². The van der Waals surface area contributed by atoms with Crippen molar-refractivity contribution in [2.45, 2.75) is 25.8 Å². The van der Waals surface area contributed by atoms with Crippen molar-refractivity contribution >= 4 is 23.5 Å². The van der Waals surface area contributed by atoms with Crippen molar-refractivity contribution in [3.63, 3.8) is 0 Å². The van der Waals surface area contributed by atoms with Crippen LogP contribution in [-0.2, 0) is 21.5 Å². The van der Waals surface area contributed by atoms with Crippen LogP contribution in [0.4, 0.5) is 10.5 Å². The Balaban J connectivity index is 1.65. The van der Waals surface area contributed by atoms with Gasteiger partial charge in [0.15, 0.2) is 5.54 Å². The fraction of sp³-hybridized carbons (Fsp3) is 0.192. The summed E-state index contributed by atoms with van der Waals surface area (Å²) in [6.45, 7) is 3.55. The number of urea groups is 1. The third kappa shape index (κ3) is 3.64. The summed E-state index contributed by atoms with van der Waals surface area (Å²) in [5.74, 6) is -0.898. The smallest absolute Gasteiger partial charge is 0.324 e. The third-order valence-electron chi connectivity index (χ3n) is 5.83. The zero-order valence-electron chi connectivity index (χ0n) is 18.1. The lowest BCUT2D eigenvalue weighted by molar-refractivity contribution is -0.133. The molecular formula is C26H25N3O3. The van der Waals surface area contributed by atoms with E-state index in [9.17, 15) is 14.4 Å². The van der Waals surface area contributed by atoms with Crippen LogP contribution in [0.15, 0.2) is 78.9 Å². The number of nitrogens with zero attached hydrogens (tertiary/aromatic N) is 1. The highest BCUT2D eigenvalue weighted by Gasteiger charge is 2.54. The van der Waals surface area contributed by atoms with Gasteiger partial charge in [-0.15, -0.1) is 0 Å². The van der Waals surface area contributed by atoms with E-state index < -0.39 is 23.4 Å². The average Bonchev–Trinajstić information content (AvgIpc) is 3.07. The number of imide groups is 1. The molecule has 0 unspecified atom stereocenters. The molecule has 1 saturated heterocycles. The molecule has 0 bridgehead atoms. The summed E-state index contributed by atoms with van der Waals surface area (Å²) in [7, 11) is 0. The topological polar surface area (TPSA) is 78.5 Å². The first kappa shape index (κ1) is 21.3. The molecule has 0 radical (unpaired) electrons. The molecule has 4 rings (SSSR count). The van der Waals surface area contributed by atoms with Gasteiger partial charge >= 0.3 is 6.03 Å². The molecule has 1 heterocycles. The fourth-order valence-corrected chi connectivity index (χ4v) is 4.18. The highest BCUT2D eigenvalue weighted by molar-refractivity contribution is 6.12. The monoisotopic (exact) mass is 427 g/mol. The van der Waals surface area contributed by atoms with Crippen LogP contribution in [0.2, 0.25) is 0 Å². The first-order valence-corrected chi connectivity index (χ1v) is 10.6. The van der Waals surface area contributed by atoms with Crippen molar-refractivity contribution in [1.29, 1.82) is 0 Å². The number of hydrogen-bond acceptors (Lipinski definition) is 3. The molecule has 3 aromatic carbocycles. The van der Waals surface area contributed by atoms with Crippen molar-refractivity contribution in [1.82, 2.24) is 10.2 Å². The van der Waals surface area contributed by atoms with Crippen LogP contribution in [0.3, 0.4) is 0 Å². The minimum atomic E-state index is -1.38. The molecule has 0 saturated carbocycles. The zero-order valence-corrected chi connectivity index (χ0v) is 18.1. The van der Waals surface area contributed by atoms with Crippen molar-refractivity contribution < 1.29 is 14.4 Å². The SMILES string of the molecule is CCc1cccc(C)c1NC(=O)CN1C(=O)NC(c2ccccc2)(c2ccccc2)C1=O. The summed E-state index contributed by atoms with van der Waals surface area (Å²) < 4.78 is 0. The molecule has 2 N–H and O–H groups in total. The first-order chi connectivity index (χ1) is 15.5. The highest BCUT2D eigenvalue weighted by Crippen LogP contribution is 2.36. The maximum Gasteiger partial charge on any atom is 0.326 e. The lowest BCUT2D eigenvalue weighted by Crippen LogP contribution is -2.45. The third-order valence-corrected chi connectivity index (χ3v) is 5.83. The lowest BCUT2D eigenvalue weighted by Gasteiger charge is -2.28. The Morgan fingerprint density at radius 2 is 1.50 bits per heavy atom. The number of carbonyl (C=O) groups excluding carboxylic acids is 3. The number of para-hydroxylation sites is 1. The summed E-state index contributed by atoms with van der Waals surface area (Å²) in [5, 5.41) is 5.75. The Kier molecular flexibility index (Phi) is 5.77. The Labute approximate surface area is 187 Å². The van der Waals surface area contributed by atoms with Gasteiger partial charge in [-0.05, 0) is 35.6 Å². The van der Waals surface area contributed by atoms with Gasteiger partial charge in [-0.25, -0.2) is 4.79 Å². The van der Waals surface area contributed by atoms with E-state index >= 15 is 0 Å². The van der Waals surface area contributed by atoms with E-state index in [0.29, 0.717) is 11.1 Å². The second-order valence-electron chi connectivity index (χ2n) is 7.81. The van der Waals surface area contributed by atoms with Crippen LogP contribution in [0.25, 0.3) is 0 Å². The number of carbonyl (C=O) groups is 3. The number of rotatable bonds is 6. The number of hydrogen-bond donors (Lipinski definition) is 2. The average molecular weight is 428 g/mol. The van der Waals surface area contributed by atoms with Crippen molar-refractivity contribution in [3.8, 4) is 0 Å². The van der Waals surface area contributed by atoms with Crippen LogP contribution in [0.1, 0.15) is 29.2 Å². The van der Waals surface area contributed by atoms with Crippen LogP contribution in [0, 0.1) is 6.92 Å². The fourth-order valence-electron chi connectivity index (χ4n) is 4.18. The van der Waals surface area contributed by atoms with E-state index in [2.05, 4.69) is 10.6 Å². The maximum atomic E-state index is 13.7. The molecule has 0 aliphatic carbocycles. The second-order valence-corrected chi connectivity index (χ2v) is 7.81. The van der Waals surface area contributed by atoms with Gasteiger partial charge in [0, 0.05) is 5.69 Å². The van der Waals surface area contributed by atoms with E-state index in [1.54, 1.807) is 24.3 Å². The summed E-state index contributed by atoms with van der Waals surface area (Å²) in [6, 6.07) is 23.4. The molecule has 6 nitrogen and oxygen atoms in total. The van der Waals surface area contributed by atoms with Gasteiger partial charge in [-0.2, -0.15) is 0 Å². The van der Waals surface area contributed by atoms with Crippen LogP contribution in [0.5, 0.6) is 0 Å². The van der Waals surface area contributed by atoms with Crippen LogP contribution < -0.4 is 10.6 Å². The number of anilines is 1. The molecule has 1 aliphatic heterocycles. The van der Waals surface area contributed by atoms with E-state index in [0.717, 1.165) is 28.1 Å². The molecule has 6 heteroatoms. The van der Waals surface area contributed by atoms with Crippen molar-refractivity contribution in [2.24, 2.45) is 0 Å². The number of aryl methyl sites for hydroxylation is 2. The van der Waals surface area contributed by atoms with Gasteiger partial charge in [-0.3, -0.25) is 14.5 Å². The van der Waals surface area contributed by atoms with Gasteiger partial charge in [0.05, 0.1) is 0 Å². The minimum Gasteiger partial charge on any atom is -0.324 e. The summed E-state index contributed by atoms with van der Waals surface area (Å²) in [5.41, 5.74) is 2.55. The van der Waals surface area contributed by atoms with Crippen molar-refractivity contribution in [3.05, 3.63) is 101 Å². The summed E-state index contributed by atoms with van der Waals surface area (Å²) in [4.78, 5) is 40.5. The molecule has 1 aliphatic rings. The van der Waals surface area contributed by atoms with E-state index in [1.807, 2.05) is 68.4 Å². The molecule has 0 spiro atoms. The van der Waals surface area contributed by atoms with Gasteiger partial charge in [-0.1, -0.05) is 85.8 Å². The quantitative estimate of drug-likeness (QED) is 0.584. The number of benzene rings is 3. The molecule has 162 valence electrons. The Hall–Kier alpha value is -3.93. The largest absolute Gasteiger partial charge is 0.326 e. The molecule has 0 atom stereocenters. The molecule has 4 amide bonds. The first-order valence-electron chi connectivity index (χ1n) is 10.6. The van der Waals surface area contributed by atoms with E-state index in [4.69, 9.17) is 0 Å². The summed E-state index contributed by atoms with van der Waals surface area (Å²) >= 11 is 0. The van der Waals surface area contributed by atoms with Gasteiger partial charge < -0.3 is 10.6 Å². The van der Waals surface area contributed by atoms with E-state index in [-0.39, 0.29) is 6.54 Å². The Bertz CT molecular complexity index is 1120. The molecule has 32 heavy (non-hydrogen) atoms. The van der Waals surface area contributed by atoms with Crippen LogP contribution in [-0.4, -0.2) is 29.3 Å². The predicted molar refractivity (Wildman–Crippen MR) is 123 cm³/mol. The van der Waals surface area contributed by atoms with Gasteiger partial charge in [0.25, 0.3) is 5.91 Å². The van der Waals surface area contributed by atoms with Gasteiger partial charge in [0.2, 0.25) is 5.91 Å². The highest BCUT2D eigenvalue weighted by atomic mass is 16.2. The number of amides is 4. The lowest BCUT2D eigenvalue weighted by atomic mass is 9.82. The molecule has 0 aromatic heterocycles. The summed E-state index contributed by atoms with van der Waals surface area (Å²) in [6.07, 6.45) is 0.756. The Morgan fingerprint density at radius 1 is 0.906 bits per heavy atom. The second kappa shape index (κ2) is 8.67. The minimum absolute atomic E-state index is 0.371. The molecular weight excluding hydrogens is 402 g/mol. The maximum absolute atomic E-state index is 13.7. The normalized spacial score (nSPS) is 14.9. The molecule has 1 fully saturated rings. The zero-order chi connectivity index (χ0) is 22.7. The van der Waals surface area contributed by atoms with E-state index in [1.165, 1.54) is 0 Å². The van der Waals surface area contributed by atoms with Gasteiger partial charge in [0.1, 0.15) is 6.54 Å². The molecule has 3 aromatic rings. The number of nitrogens with one attached hydrogen (secondary N) is 2. The van der Waals surface area contributed by atoms with Crippen molar-refractivity contribution in [2.75, 3.05) is 11.9 Å². The Morgan fingerprint density at radius 3 is 2.06 bits per heavy atom. The predicted octanol–water partition coefficient (Wildman–Crippen LogP) is 3.99. The standard InChI is InChI=1S/C26H25N3O3/c1-3-19-12-10-11-18(2)23(19)27-22(30)17-29-24(31)26(28-25(29)32,20-13-6-4-7-14-20)21-15-8-5-9-16-21/h4-16H,3,17H2,1-2H3,(H,27,30)(H,28,32).